The van der Waals surface area contributed by atoms with Gasteiger partial charge in [0.2, 0.25) is 0 Å². The van der Waals surface area contributed by atoms with Crippen molar-refractivity contribution in [2.75, 3.05) is 32.6 Å². The van der Waals surface area contributed by atoms with E-state index in [0.717, 1.165) is 49.2 Å². The third kappa shape index (κ3) is 6.18. The molecule has 222 valence electrons. The van der Waals surface area contributed by atoms with Crippen LogP contribution in [0.25, 0.3) is 0 Å². The molecule has 0 radical (unpaired) electrons. The first-order chi connectivity index (χ1) is 20.2. The number of hydrogen-bond acceptors (Lipinski definition) is 6. The van der Waals surface area contributed by atoms with E-state index in [9.17, 15) is 14.4 Å². The van der Waals surface area contributed by atoms with Gasteiger partial charge in [0.25, 0.3) is 11.8 Å². The standard InChI is InChI=1S/C32H40N6O4/c1-22(2)21-42-31(41)35-26-12-8-23(9-13-26)18-34-29(39)28-33-19-27-32(14-5-15-32)37(16-17-38(27)28)20-24-6-10-25(11-7-24)30(40)36(3)4/h6-13,19,22H,5,14-18,20-21H2,1-4H3,(H,34,39)(H,35,41). The van der Waals surface area contributed by atoms with Crippen molar-refractivity contribution in [3.05, 3.63) is 82.9 Å². The van der Waals surface area contributed by atoms with Crippen LogP contribution in [0.3, 0.4) is 0 Å². The number of fused-ring (bicyclic) bond motifs is 2. The highest BCUT2D eigenvalue weighted by Gasteiger charge is 2.49. The fourth-order valence-electron chi connectivity index (χ4n) is 5.66. The first-order valence-corrected chi connectivity index (χ1v) is 14.6. The molecule has 1 aliphatic heterocycles. The average Bonchev–Trinajstić information content (AvgIpc) is 3.39. The molecule has 2 aliphatic rings. The Labute approximate surface area is 247 Å². The van der Waals surface area contributed by atoms with Crippen LogP contribution in [0.4, 0.5) is 10.5 Å². The molecule has 0 saturated heterocycles. The van der Waals surface area contributed by atoms with E-state index in [0.29, 0.717) is 36.8 Å². The van der Waals surface area contributed by atoms with Crippen molar-refractivity contribution in [3.63, 3.8) is 0 Å². The van der Waals surface area contributed by atoms with Gasteiger partial charge in [-0.2, -0.15) is 0 Å². The lowest BCUT2D eigenvalue weighted by molar-refractivity contribution is -0.0217. The van der Waals surface area contributed by atoms with Gasteiger partial charge in [-0.1, -0.05) is 38.1 Å². The monoisotopic (exact) mass is 572 g/mol. The van der Waals surface area contributed by atoms with Crippen molar-refractivity contribution in [2.45, 2.75) is 58.3 Å². The summed E-state index contributed by atoms with van der Waals surface area (Å²) in [6, 6.07) is 15.2. The zero-order valence-corrected chi connectivity index (χ0v) is 24.9. The molecule has 5 rings (SSSR count). The highest BCUT2D eigenvalue weighted by Crippen LogP contribution is 2.49. The lowest BCUT2D eigenvalue weighted by atomic mass is 9.72. The van der Waals surface area contributed by atoms with Crippen LogP contribution < -0.4 is 10.6 Å². The van der Waals surface area contributed by atoms with E-state index >= 15 is 0 Å². The third-order valence-corrected chi connectivity index (χ3v) is 8.10. The Hall–Kier alpha value is -4.18. The molecule has 3 amide bonds. The van der Waals surface area contributed by atoms with Gasteiger partial charge >= 0.3 is 6.09 Å². The number of ether oxygens (including phenoxy) is 1. The fourth-order valence-corrected chi connectivity index (χ4v) is 5.66. The summed E-state index contributed by atoms with van der Waals surface area (Å²) in [4.78, 5) is 46.0. The largest absolute Gasteiger partial charge is 0.449 e. The van der Waals surface area contributed by atoms with Gasteiger partial charge in [0.1, 0.15) is 0 Å². The van der Waals surface area contributed by atoms with E-state index in [4.69, 9.17) is 4.74 Å². The van der Waals surface area contributed by atoms with Crippen LogP contribution in [0.15, 0.2) is 54.7 Å². The minimum Gasteiger partial charge on any atom is -0.449 e. The number of nitrogens with one attached hydrogen (secondary N) is 2. The molecule has 2 heterocycles. The van der Waals surface area contributed by atoms with Crippen LogP contribution >= 0.6 is 0 Å². The van der Waals surface area contributed by atoms with Crippen molar-refractivity contribution in [3.8, 4) is 0 Å². The number of amides is 3. The summed E-state index contributed by atoms with van der Waals surface area (Å²) in [5, 5.41) is 5.72. The molecule has 1 aliphatic carbocycles. The number of hydrogen-bond donors (Lipinski definition) is 2. The van der Waals surface area contributed by atoms with Crippen molar-refractivity contribution in [1.82, 2.24) is 24.7 Å². The van der Waals surface area contributed by atoms with Gasteiger partial charge in [0.15, 0.2) is 5.82 Å². The highest BCUT2D eigenvalue weighted by molar-refractivity contribution is 5.94. The molecule has 1 fully saturated rings. The SMILES string of the molecule is CC(C)COC(=O)Nc1ccc(CNC(=O)c2ncc3n2CCN(Cc2ccc(C(=O)N(C)C)cc2)C32CCC2)cc1. The van der Waals surface area contributed by atoms with E-state index in [1.54, 1.807) is 31.1 Å². The minimum absolute atomic E-state index is 0.00201. The smallest absolute Gasteiger partial charge is 0.411 e. The van der Waals surface area contributed by atoms with Crippen molar-refractivity contribution >= 4 is 23.6 Å². The predicted octanol–water partition coefficient (Wildman–Crippen LogP) is 4.61. The van der Waals surface area contributed by atoms with Crippen LogP contribution in [0.1, 0.15) is 70.9 Å². The Bertz CT molecular complexity index is 1420. The van der Waals surface area contributed by atoms with E-state index in [1.807, 2.05) is 56.4 Å². The molecule has 0 unspecified atom stereocenters. The Morgan fingerprint density at radius 3 is 2.31 bits per heavy atom. The Balaban J connectivity index is 1.20. The molecular formula is C32H40N6O4. The molecule has 42 heavy (non-hydrogen) atoms. The summed E-state index contributed by atoms with van der Waals surface area (Å²) in [5.74, 6) is 0.502. The number of imidazole rings is 1. The van der Waals surface area contributed by atoms with Crippen LogP contribution in [0.2, 0.25) is 0 Å². The maximum Gasteiger partial charge on any atom is 0.411 e. The van der Waals surface area contributed by atoms with E-state index in [2.05, 4.69) is 25.1 Å². The van der Waals surface area contributed by atoms with Crippen molar-refractivity contribution in [2.24, 2.45) is 5.92 Å². The lowest BCUT2D eigenvalue weighted by Gasteiger charge is -2.53. The molecule has 1 spiro atoms. The Morgan fingerprint density at radius 1 is 1.00 bits per heavy atom. The first kappa shape index (κ1) is 29.3. The number of nitrogens with zero attached hydrogens (tertiary/aromatic N) is 4. The third-order valence-electron chi connectivity index (χ3n) is 8.10. The number of benzene rings is 2. The number of anilines is 1. The molecule has 2 aromatic carbocycles. The summed E-state index contributed by atoms with van der Waals surface area (Å²) in [5.41, 5.74) is 4.37. The topological polar surface area (TPSA) is 109 Å². The summed E-state index contributed by atoms with van der Waals surface area (Å²) in [7, 11) is 3.52. The number of aromatic nitrogens is 2. The van der Waals surface area contributed by atoms with Gasteiger partial charge in [-0.15, -0.1) is 0 Å². The molecule has 1 saturated carbocycles. The van der Waals surface area contributed by atoms with Crippen LogP contribution in [0, 0.1) is 5.92 Å². The predicted molar refractivity (Wildman–Crippen MR) is 160 cm³/mol. The molecule has 3 aromatic rings. The average molecular weight is 573 g/mol. The quantitative estimate of drug-likeness (QED) is 0.388. The van der Waals surface area contributed by atoms with E-state index in [1.165, 1.54) is 0 Å². The second-order valence-electron chi connectivity index (χ2n) is 11.8. The van der Waals surface area contributed by atoms with Gasteiger partial charge in [-0.05, 0) is 60.6 Å². The highest BCUT2D eigenvalue weighted by atomic mass is 16.5. The summed E-state index contributed by atoms with van der Waals surface area (Å²) < 4.78 is 7.24. The van der Waals surface area contributed by atoms with Gasteiger partial charge in [0, 0.05) is 51.5 Å². The Kier molecular flexibility index (Phi) is 8.63. The minimum atomic E-state index is -0.481. The molecule has 10 nitrogen and oxygen atoms in total. The fraction of sp³-hybridized carbons (Fsp3) is 0.438. The van der Waals surface area contributed by atoms with E-state index in [-0.39, 0.29) is 23.3 Å². The lowest BCUT2D eigenvalue weighted by Crippen LogP contribution is -2.56. The maximum atomic E-state index is 13.2. The van der Waals surface area contributed by atoms with Gasteiger partial charge in [-0.25, -0.2) is 9.78 Å². The number of carbonyl (C=O) groups excluding carboxylic acids is 3. The normalized spacial score (nSPS) is 15.5. The Morgan fingerprint density at radius 2 is 1.69 bits per heavy atom. The number of carbonyl (C=O) groups is 3. The van der Waals surface area contributed by atoms with Crippen LogP contribution in [-0.4, -0.2) is 64.5 Å². The summed E-state index contributed by atoms with van der Waals surface area (Å²) >= 11 is 0. The summed E-state index contributed by atoms with van der Waals surface area (Å²) in [6.07, 6.45) is 4.59. The van der Waals surface area contributed by atoms with Gasteiger partial charge in [-0.3, -0.25) is 19.8 Å². The van der Waals surface area contributed by atoms with E-state index < -0.39 is 6.09 Å². The van der Waals surface area contributed by atoms with Gasteiger partial charge < -0.3 is 19.5 Å². The molecule has 10 heteroatoms. The first-order valence-electron chi connectivity index (χ1n) is 14.6. The second-order valence-corrected chi connectivity index (χ2v) is 11.8. The molecule has 0 bridgehead atoms. The summed E-state index contributed by atoms with van der Waals surface area (Å²) in [6.45, 7) is 6.96. The maximum absolute atomic E-state index is 13.2. The number of rotatable bonds is 9. The zero-order valence-electron chi connectivity index (χ0n) is 24.9. The molecular weight excluding hydrogens is 532 g/mol. The van der Waals surface area contributed by atoms with Crippen molar-refractivity contribution < 1.29 is 19.1 Å². The molecule has 1 aromatic heterocycles. The van der Waals surface area contributed by atoms with Crippen molar-refractivity contribution in [1.29, 1.82) is 0 Å². The van der Waals surface area contributed by atoms with Gasteiger partial charge in [0.05, 0.1) is 24.0 Å². The molecule has 2 N–H and O–H groups in total. The zero-order chi connectivity index (χ0) is 29.9. The van der Waals surface area contributed by atoms with Crippen LogP contribution in [0.5, 0.6) is 0 Å². The molecule has 0 atom stereocenters. The second kappa shape index (κ2) is 12.4. The van der Waals surface area contributed by atoms with Crippen LogP contribution in [-0.2, 0) is 29.9 Å².